The lowest BCUT2D eigenvalue weighted by atomic mass is 9.69. The van der Waals surface area contributed by atoms with Gasteiger partial charge in [0.2, 0.25) is 5.91 Å². The van der Waals surface area contributed by atoms with Crippen LogP contribution >= 0.6 is 0 Å². The van der Waals surface area contributed by atoms with Crippen LogP contribution in [0.1, 0.15) is 52.9 Å². The highest BCUT2D eigenvalue weighted by atomic mass is 16.5. The molecule has 0 aromatic heterocycles. The Labute approximate surface area is 149 Å². The highest BCUT2D eigenvalue weighted by molar-refractivity contribution is 5.99. The number of amides is 2. The van der Waals surface area contributed by atoms with Crippen LogP contribution in [0.15, 0.2) is 24.3 Å². The Kier molecular flexibility index (Phi) is 5.02. The summed E-state index contributed by atoms with van der Waals surface area (Å²) in [6.07, 6.45) is 3.79. The summed E-state index contributed by atoms with van der Waals surface area (Å²) in [5, 5.41) is 5.98. The SMILES string of the molecule is CC(C)(C)[C@@H]1CCCC[C@@H]1NC(=O)C[C@@H]1Oc2ccccc2NC1=O. The molecule has 2 N–H and O–H groups in total. The van der Waals surface area contributed by atoms with Crippen molar-refractivity contribution in [2.45, 2.75) is 65.0 Å². The second kappa shape index (κ2) is 7.06. The molecule has 0 saturated heterocycles. The number of fused-ring (bicyclic) bond motifs is 1. The smallest absolute Gasteiger partial charge is 0.266 e. The second-order valence-electron chi connectivity index (χ2n) is 8.23. The van der Waals surface area contributed by atoms with Crippen LogP contribution in [0.2, 0.25) is 0 Å². The summed E-state index contributed by atoms with van der Waals surface area (Å²) in [7, 11) is 0. The van der Waals surface area contributed by atoms with Crippen molar-refractivity contribution in [1.29, 1.82) is 0 Å². The third kappa shape index (κ3) is 4.14. The molecule has 1 heterocycles. The van der Waals surface area contributed by atoms with E-state index in [1.54, 1.807) is 12.1 Å². The molecule has 3 rings (SSSR count). The first kappa shape index (κ1) is 17.8. The molecule has 0 radical (unpaired) electrons. The molecule has 136 valence electrons. The Balaban J connectivity index is 1.61. The molecule has 1 aliphatic heterocycles. The van der Waals surface area contributed by atoms with Crippen molar-refractivity contribution in [2.75, 3.05) is 5.32 Å². The average molecular weight is 344 g/mol. The molecule has 5 nitrogen and oxygen atoms in total. The third-order valence-electron chi connectivity index (χ3n) is 5.30. The van der Waals surface area contributed by atoms with Gasteiger partial charge in [-0.05, 0) is 36.3 Å². The van der Waals surface area contributed by atoms with Crippen molar-refractivity contribution < 1.29 is 14.3 Å². The lowest BCUT2D eigenvalue weighted by Gasteiger charge is -2.41. The second-order valence-corrected chi connectivity index (χ2v) is 8.23. The van der Waals surface area contributed by atoms with E-state index in [-0.39, 0.29) is 29.7 Å². The number of nitrogens with one attached hydrogen (secondary N) is 2. The van der Waals surface area contributed by atoms with Crippen LogP contribution in [0.25, 0.3) is 0 Å². The normalized spacial score (nSPS) is 26.2. The van der Waals surface area contributed by atoms with Crippen molar-refractivity contribution in [3.63, 3.8) is 0 Å². The third-order valence-corrected chi connectivity index (χ3v) is 5.30. The van der Waals surface area contributed by atoms with E-state index in [9.17, 15) is 9.59 Å². The number of hydrogen-bond acceptors (Lipinski definition) is 3. The van der Waals surface area contributed by atoms with Crippen molar-refractivity contribution in [1.82, 2.24) is 5.32 Å². The van der Waals surface area contributed by atoms with Crippen LogP contribution in [0.3, 0.4) is 0 Å². The fourth-order valence-electron chi connectivity index (χ4n) is 4.00. The molecule has 2 aliphatic rings. The molecular weight excluding hydrogens is 316 g/mol. The Morgan fingerprint density at radius 1 is 1.24 bits per heavy atom. The standard InChI is InChI=1S/C20H28N2O3/c1-20(2,3)13-8-4-5-9-14(13)21-18(23)12-17-19(24)22-15-10-6-7-11-16(15)25-17/h6-7,10-11,13-14,17H,4-5,8-9,12H2,1-3H3,(H,21,23)(H,22,24)/t13-,14+,17+/m1/s1. The molecule has 1 saturated carbocycles. The van der Waals surface area contributed by atoms with Gasteiger partial charge in [-0.3, -0.25) is 9.59 Å². The maximum Gasteiger partial charge on any atom is 0.266 e. The number of para-hydroxylation sites is 2. The van der Waals surface area contributed by atoms with E-state index in [0.717, 1.165) is 19.3 Å². The maximum atomic E-state index is 12.5. The number of rotatable bonds is 3. The molecule has 25 heavy (non-hydrogen) atoms. The summed E-state index contributed by atoms with van der Waals surface area (Å²) >= 11 is 0. The molecule has 0 spiro atoms. The van der Waals surface area contributed by atoms with Gasteiger partial charge in [0.05, 0.1) is 12.1 Å². The van der Waals surface area contributed by atoms with Crippen LogP contribution in [-0.4, -0.2) is 24.0 Å². The van der Waals surface area contributed by atoms with Gasteiger partial charge in [0.25, 0.3) is 5.91 Å². The van der Waals surface area contributed by atoms with E-state index < -0.39 is 6.10 Å². The summed E-state index contributed by atoms with van der Waals surface area (Å²) in [5.41, 5.74) is 0.819. The maximum absolute atomic E-state index is 12.5. The van der Waals surface area contributed by atoms with Crippen LogP contribution in [0.4, 0.5) is 5.69 Å². The van der Waals surface area contributed by atoms with E-state index in [4.69, 9.17) is 4.74 Å². The van der Waals surface area contributed by atoms with Crippen LogP contribution in [-0.2, 0) is 9.59 Å². The molecule has 5 heteroatoms. The minimum absolute atomic E-state index is 0.0491. The van der Waals surface area contributed by atoms with Gasteiger partial charge in [-0.2, -0.15) is 0 Å². The number of ether oxygens (including phenoxy) is 1. The molecule has 2 amide bonds. The largest absolute Gasteiger partial charge is 0.478 e. The van der Waals surface area contributed by atoms with E-state index >= 15 is 0 Å². The van der Waals surface area contributed by atoms with Crippen molar-refractivity contribution in [2.24, 2.45) is 11.3 Å². The molecule has 1 fully saturated rings. The summed E-state index contributed by atoms with van der Waals surface area (Å²) in [6.45, 7) is 6.70. The first-order valence-electron chi connectivity index (χ1n) is 9.20. The molecule has 0 unspecified atom stereocenters. The molecule has 3 atom stereocenters. The first-order valence-corrected chi connectivity index (χ1v) is 9.20. The highest BCUT2D eigenvalue weighted by Crippen LogP contribution is 2.38. The van der Waals surface area contributed by atoms with Gasteiger partial charge >= 0.3 is 0 Å². The van der Waals surface area contributed by atoms with E-state index in [1.165, 1.54) is 6.42 Å². The van der Waals surface area contributed by atoms with E-state index in [2.05, 4.69) is 31.4 Å². The van der Waals surface area contributed by atoms with Gasteiger partial charge in [0.1, 0.15) is 5.75 Å². The lowest BCUT2D eigenvalue weighted by Crippen LogP contribution is -2.48. The zero-order chi connectivity index (χ0) is 18.0. The van der Waals surface area contributed by atoms with Gasteiger partial charge in [0.15, 0.2) is 6.10 Å². The number of carbonyl (C=O) groups is 2. The minimum Gasteiger partial charge on any atom is -0.478 e. The zero-order valence-corrected chi connectivity index (χ0v) is 15.3. The summed E-state index contributed by atoms with van der Waals surface area (Å²) in [4.78, 5) is 24.7. The van der Waals surface area contributed by atoms with Crippen LogP contribution in [0, 0.1) is 11.3 Å². The number of hydrogen-bond donors (Lipinski definition) is 2. The molecular formula is C20H28N2O3. The monoisotopic (exact) mass is 344 g/mol. The Morgan fingerprint density at radius 2 is 1.96 bits per heavy atom. The van der Waals surface area contributed by atoms with Gasteiger partial charge in [-0.1, -0.05) is 45.7 Å². The van der Waals surface area contributed by atoms with Crippen LogP contribution < -0.4 is 15.4 Å². The van der Waals surface area contributed by atoms with Gasteiger partial charge in [0, 0.05) is 6.04 Å². The fourth-order valence-corrected chi connectivity index (χ4v) is 4.00. The Morgan fingerprint density at radius 3 is 2.72 bits per heavy atom. The van der Waals surface area contributed by atoms with E-state index in [0.29, 0.717) is 17.4 Å². The molecule has 1 aromatic rings. The number of benzene rings is 1. The van der Waals surface area contributed by atoms with E-state index in [1.807, 2.05) is 12.1 Å². The van der Waals surface area contributed by atoms with Crippen molar-refractivity contribution >= 4 is 17.5 Å². The number of carbonyl (C=O) groups excluding carboxylic acids is 2. The molecule has 1 aromatic carbocycles. The summed E-state index contributed by atoms with van der Waals surface area (Å²) in [5.74, 6) is 0.711. The topological polar surface area (TPSA) is 67.4 Å². The lowest BCUT2D eigenvalue weighted by molar-refractivity contribution is -0.131. The summed E-state index contributed by atoms with van der Waals surface area (Å²) < 4.78 is 5.73. The Bertz CT molecular complexity index is 651. The van der Waals surface area contributed by atoms with Crippen molar-refractivity contribution in [3.8, 4) is 5.75 Å². The van der Waals surface area contributed by atoms with Gasteiger partial charge in [-0.15, -0.1) is 0 Å². The quantitative estimate of drug-likeness (QED) is 0.882. The first-order chi connectivity index (χ1) is 11.8. The summed E-state index contributed by atoms with van der Waals surface area (Å²) in [6, 6.07) is 7.46. The predicted molar refractivity (Wildman–Crippen MR) is 97.4 cm³/mol. The van der Waals surface area contributed by atoms with Gasteiger partial charge in [-0.25, -0.2) is 0 Å². The minimum atomic E-state index is -0.772. The zero-order valence-electron chi connectivity index (χ0n) is 15.3. The predicted octanol–water partition coefficient (Wildman–Crippen LogP) is 3.50. The Hall–Kier alpha value is -2.04. The fraction of sp³-hybridized carbons (Fsp3) is 0.600. The van der Waals surface area contributed by atoms with Crippen LogP contribution in [0.5, 0.6) is 5.75 Å². The molecule has 0 bridgehead atoms. The number of anilines is 1. The highest BCUT2D eigenvalue weighted by Gasteiger charge is 2.36. The average Bonchev–Trinajstić information content (AvgIpc) is 2.55. The molecule has 1 aliphatic carbocycles. The van der Waals surface area contributed by atoms with Crippen molar-refractivity contribution in [3.05, 3.63) is 24.3 Å². The van der Waals surface area contributed by atoms with Gasteiger partial charge < -0.3 is 15.4 Å².